The van der Waals surface area contributed by atoms with Crippen LogP contribution in [0, 0.1) is 5.92 Å². The molecule has 0 saturated heterocycles. The largest absolute Gasteiger partial charge is 0.480 e. The van der Waals surface area contributed by atoms with E-state index in [9.17, 15) is 9.59 Å². The average molecular weight is 217 g/mol. The van der Waals surface area contributed by atoms with Crippen LogP contribution in [0.1, 0.15) is 27.2 Å². The lowest BCUT2D eigenvalue weighted by atomic mass is 10.0. The van der Waals surface area contributed by atoms with Crippen molar-refractivity contribution in [3.63, 3.8) is 0 Å². The Bertz CT molecular complexity index is 215. The van der Waals surface area contributed by atoms with Crippen molar-refractivity contribution in [3.8, 4) is 0 Å². The molecule has 0 aromatic heterocycles. The molecule has 88 valence electrons. The molecule has 0 saturated carbocycles. The molecule has 5 heteroatoms. The molecular weight excluding hydrogens is 198 g/mol. The summed E-state index contributed by atoms with van der Waals surface area (Å²) in [5.41, 5.74) is 0. The molecule has 1 atom stereocenters. The van der Waals surface area contributed by atoms with Gasteiger partial charge in [-0.2, -0.15) is 0 Å². The second kappa shape index (κ2) is 7.23. The number of ether oxygens (including phenoxy) is 1. The third-order valence-electron chi connectivity index (χ3n) is 1.93. The van der Waals surface area contributed by atoms with Gasteiger partial charge in [-0.3, -0.25) is 4.79 Å². The van der Waals surface area contributed by atoms with Crippen molar-refractivity contribution >= 4 is 11.9 Å². The van der Waals surface area contributed by atoms with Gasteiger partial charge in [0.2, 0.25) is 5.91 Å². The van der Waals surface area contributed by atoms with E-state index in [4.69, 9.17) is 9.84 Å². The van der Waals surface area contributed by atoms with Crippen molar-refractivity contribution in [2.75, 3.05) is 13.2 Å². The van der Waals surface area contributed by atoms with Gasteiger partial charge < -0.3 is 15.2 Å². The summed E-state index contributed by atoms with van der Waals surface area (Å²) in [6.07, 6.45) is 0.199. The van der Waals surface area contributed by atoms with Crippen LogP contribution in [-0.2, 0) is 14.3 Å². The van der Waals surface area contributed by atoms with Crippen LogP contribution in [0.2, 0.25) is 0 Å². The number of carbonyl (C=O) groups excluding carboxylic acids is 1. The van der Waals surface area contributed by atoms with Crippen molar-refractivity contribution in [1.29, 1.82) is 0 Å². The highest BCUT2D eigenvalue weighted by Gasteiger charge is 2.22. The van der Waals surface area contributed by atoms with E-state index in [2.05, 4.69) is 5.32 Å². The third-order valence-corrected chi connectivity index (χ3v) is 1.93. The zero-order valence-electron chi connectivity index (χ0n) is 9.45. The van der Waals surface area contributed by atoms with E-state index < -0.39 is 12.0 Å². The number of carboxylic acids is 1. The molecule has 0 aliphatic rings. The fourth-order valence-corrected chi connectivity index (χ4v) is 1.07. The molecule has 0 rings (SSSR count). The van der Waals surface area contributed by atoms with Gasteiger partial charge in [0.1, 0.15) is 6.04 Å². The van der Waals surface area contributed by atoms with E-state index in [0.29, 0.717) is 13.2 Å². The Morgan fingerprint density at radius 1 is 1.40 bits per heavy atom. The smallest absolute Gasteiger partial charge is 0.326 e. The molecular formula is C10H19NO4. The Kier molecular flexibility index (Phi) is 6.70. The first-order chi connectivity index (χ1) is 6.99. The number of aliphatic carboxylic acids is 1. The second-order valence-electron chi connectivity index (χ2n) is 3.57. The molecule has 1 amide bonds. The molecule has 15 heavy (non-hydrogen) atoms. The molecule has 0 fully saturated rings. The minimum absolute atomic E-state index is 0.126. The molecule has 0 aromatic carbocycles. The number of carbonyl (C=O) groups is 2. The Balaban J connectivity index is 3.95. The topological polar surface area (TPSA) is 75.6 Å². The van der Waals surface area contributed by atoms with E-state index in [-0.39, 0.29) is 18.2 Å². The lowest BCUT2D eigenvalue weighted by molar-refractivity contribution is -0.143. The number of carboxylic acid groups (broad SMARTS) is 1. The molecule has 0 heterocycles. The van der Waals surface area contributed by atoms with Gasteiger partial charge in [0, 0.05) is 13.0 Å². The molecule has 0 unspecified atom stereocenters. The first kappa shape index (κ1) is 13.9. The normalized spacial score (nSPS) is 12.5. The van der Waals surface area contributed by atoms with Gasteiger partial charge in [-0.15, -0.1) is 0 Å². The Morgan fingerprint density at radius 3 is 2.40 bits per heavy atom. The van der Waals surface area contributed by atoms with Gasteiger partial charge in [-0.25, -0.2) is 4.79 Å². The highest BCUT2D eigenvalue weighted by Crippen LogP contribution is 2.01. The number of amides is 1. The van der Waals surface area contributed by atoms with Crippen LogP contribution in [0.5, 0.6) is 0 Å². The van der Waals surface area contributed by atoms with Crippen molar-refractivity contribution in [1.82, 2.24) is 5.32 Å². The van der Waals surface area contributed by atoms with Crippen molar-refractivity contribution in [3.05, 3.63) is 0 Å². The predicted octanol–water partition coefficient (Wildman–Crippen LogP) is 0.638. The van der Waals surface area contributed by atoms with Gasteiger partial charge in [0.15, 0.2) is 0 Å². The van der Waals surface area contributed by atoms with Gasteiger partial charge >= 0.3 is 5.97 Å². The zero-order chi connectivity index (χ0) is 11.8. The third kappa shape index (κ3) is 6.06. The van der Waals surface area contributed by atoms with Gasteiger partial charge in [-0.05, 0) is 12.8 Å². The van der Waals surface area contributed by atoms with Crippen LogP contribution in [0.25, 0.3) is 0 Å². The zero-order valence-corrected chi connectivity index (χ0v) is 9.45. The van der Waals surface area contributed by atoms with E-state index in [1.165, 1.54) is 0 Å². The maximum Gasteiger partial charge on any atom is 0.326 e. The second-order valence-corrected chi connectivity index (χ2v) is 3.57. The molecule has 0 aromatic rings. The minimum Gasteiger partial charge on any atom is -0.480 e. The summed E-state index contributed by atoms with van der Waals surface area (Å²) in [7, 11) is 0. The van der Waals surface area contributed by atoms with Crippen LogP contribution in [0.3, 0.4) is 0 Å². The molecule has 5 nitrogen and oxygen atoms in total. The molecule has 2 N–H and O–H groups in total. The monoisotopic (exact) mass is 217 g/mol. The molecule has 0 radical (unpaired) electrons. The van der Waals surface area contributed by atoms with Crippen LogP contribution < -0.4 is 5.32 Å². The van der Waals surface area contributed by atoms with Gasteiger partial charge in [-0.1, -0.05) is 13.8 Å². The standard InChI is InChI=1S/C10H19NO4/c1-4-15-6-5-8(12)11-9(7(2)3)10(13)14/h7,9H,4-6H2,1-3H3,(H,11,12)(H,13,14)/t9-/m1/s1. The number of hydrogen-bond acceptors (Lipinski definition) is 3. The predicted molar refractivity (Wildman–Crippen MR) is 55.5 cm³/mol. The van der Waals surface area contributed by atoms with Crippen molar-refractivity contribution in [2.24, 2.45) is 5.92 Å². The van der Waals surface area contributed by atoms with E-state index in [1.807, 2.05) is 6.92 Å². The average Bonchev–Trinajstić information content (AvgIpc) is 2.13. The molecule has 0 bridgehead atoms. The fraction of sp³-hybridized carbons (Fsp3) is 0.800. The number of nitrogens with one attached hydrogen (secondary N) is 1. The van der Waals surface area contributed by atoms with Crippen LogP contribution in [0.4, 0.5) is 0 Å². The highest BCUT2D eigenvalue weighted by molar-refractivity contribution is 5.83. The summed E-state index contributed by atoms with van der Waals surface area (Å²) in [5.74, 6) is -1.42. The van der Waals surface area contributed by atoms with E-state index in [0.717, 1.165) is 0 Å². The molecule has 0 aliphatic heterocycles. The van der Waals surface area contributed by atoms with E-state index >= 15 is 0 Å². The first-order valence-corrected chi connectivity index (χ1v) is 5.09. The minimum atomic E-state index is -1.00. The number of hydrogen-bond donors (Lipinski definition) is 2. The van der Waals surface area contributed by atoms with Crippen molar-refractivity contribution in [2.45, 2.75) is 33.2 Å². The molecule has 0 spiro atoms. The van der Waals surface area contributed by atoms with Gasteiger partial charge in [0.25, 0.3) is 0 Å². The Labute approximate surface area is 89.8 Å². The summed E-state index contributed by atoms with van der Waals surface area (Å²) in [6.45, 7) is 6.22. The summed E-state index contributed by atoms with van der Waals surface area (Å²) in [5, 5.41) is 11.3. The maximum absolute atomic E-state index is 11.3. The van der Waals surface area contributed by atoms with Gasteiger partial charge in [0.05, 0.1) is 6.61 Å². The summed E-state index contributed by atoms with van der Waals surface area (Å²) in [6, 6.07) is -0.820. The SMILES string of the molecule is CCOCCC(=O)N[C@@H](C(=O)O)C(C)C. The summed E-state index contributed by atoms with van der Waals surface area (Å²) < 4.78 is 5.00. The lowest BCUT2D eigenvalue weighted by Gasteiger charge is -2.17. The van der Waals surface area contributed by atoms with E-state index in [1.54, 1.807) is 13.8 Å². The Morgan fingerprint density at radius 2 is 2.00 bits per heavy atom. The first-order valence-electron chi connectivity index (χ1n) is 5.09. The Hall–Kier alpha value is -1.10. The summed E-state index contributed by atoms with van der Waals surface area (Å²) in [4.78, 5) is 22.0. The fourth-order valence-electron chi connectivity index (χ4n) is 1.07. The quantitative estimate of drug-likeness (QED) is 0.613. The molecule has 0 aliphatic carbocycles. The summed E-state index contributed by atoms with van der Waals surface area (Å²) >= 11 is 0. The lowest BCUT2D eigenvalue weighted by Crippen LogP contribution is -2.44. The maximum atomic E-state index is 11.3. The van der Waals surface area contributed by atoms with Crippen LogP contribution in [-0.4, -0.2) is 36.2 Å². The van der Waals surface area contributed by atoms with Crippen LogP contribution in [0.15, 0.2) is 0 Å². The van der Waals surface area contributed by atoms with Crippen LogP contribution >= 0.6 is 0 Å². The highest BCUT2D eigenvalue weighted by atomic mass is 16.5. The van der Waals surface area contributed by atoms with Crippen molar-refractivity contribution < 1.29 is 19.4 Å². The number of rotatable bonds is 7.